The number of piperazine rings is 1. The van der Waals surface area contributed by atoms with Gasteiger partial charge in [0, 0.05) is 47.3 Å². The third-order valence-electron chi connectivity index (χ3n) is 7.99. The minimum absolute atomic E-state index is 0.136. The SMILES string of the molecule is CCOc1cc(C(=O)NC(C)(C)C)ccc1C1=N[C@@H](c2ccc(Cl)cc2)[C@@H](c2ccc(Cl)cc2)N1C(=O)N1CCN(CC(N)=O)CC1. The van der Waals surface area contributed by atoms with Crippen molar-refractivity contribution in [3.05, 3.63) is 99.0 Å². The molecule has 3 N–H and O–H groups in total. The summed E-state index contributed by atoms with van der Waals surface area (Å²) in [6.07, 6.45) is 0. The number of ether oxygens (including phenoxy) is 1. The molecule has 0 saturated carbocycles. The van der Waals surface area contributed by atoms with Gasteiger partial charge in [-0.15, -0.1) is 0 Å². The third kappa shape index (κ3) is 8.06. The topological polar surface area (TPSA) is 121 Å². The number of amides is 4. The highest BCUT2D eigenvalue weighted by Crippen LogP contribution is 2.45. The largest absolute Gasteiger partial charge is 0.493 e. The Hall–Kier alpha value is -4.12. The van der Waals surface area contributed by atoms with Crippen LogP contribution in [0.1, 0.15) is 66.8 Å². The van der Waals surface area contributed by atoms with E-state index in [1.54, 1.807) is 40.1 Å². The van der Waals surface area contributed by atoms with Crippen LogP contribution in [0.3, 0.4) is 0 Å². The first-order chi connectivity index (χ1) is 22.3. The number of hydrogen-bond acceptors (Lipinski definition) is 6. The zero-order chi connectivity index (χ0) is 33.9. The molecule has 0 spiro atoms. The van der Waals surface area contributed by atoms with Crippen molar-refractivity contribution in [3.63, 3.8) is 0 Å². The van der Waals surface area contributed by atoms with Gasteiger partial charge in [-0.25, -0.2) is 4.79 Å². The van der Waals surface area contributed by atoms with Gasteiger partial charge in [-0.1, -0.05) is 47.5 Å². The number of aliphatic imine (C=N–C) groups is 1. The monoisotopic (exact) mass is 678 g/mol. The van der Waals surface area contributed by atoms with Crippen LogP contribution in [-0.2, 0) is 4.79 Å². The van der Waals surface area contributed by atoms with Crippen LogP contribution in [-0.4, -0.2) is 83.3 Å². The van der Waals surface area contributed by atoms with E-state index < -0.39 is 23.5 Å². The van der Waals surface area contributed by atoms with Crippen LogP contribution in [0.2, 0.25) is 10.0 Å². The number of nitrogens with zero attached hydrogens (tertiary/aromatic N) is 4. The van der Waals surface area contributed by atoms with E-state index in [0.29, 0.717) is 65.5 Å². The summed E-state index contributed by atoms with van der Waals surface area (Å²) in [6, 6.07) is 18.8. The Morgan fingerprint density at radius 1 is 0.915 bits per heavy atom. The summed E-state index contributed by atoms with van der Waals surface area (Å²) in [4.78, 5) is 50.0. The Bertz CT molecular complexity index is 1650. The van der Waals surface area contributed by atoms with E-state index in [2.05, 4.69) is 5.32 Å². The number of primary amides is 1. The van der Waals surface area contributed by atoms with Crippen molar-refractivity contribution in [3.8, 4) is 5.75 Å². The normalized spacial score (nSPS) is 18.6. The first kappa shape index (κ1) is 34.2. The number of carbonyl (C=O) groups excluding carboxylic acids is 3. The molecule has 2 aliphatic rings. The molecular formula is C35H40Cl2N6O4. The average molecular weight is 680 g/mol. The van der Waals surface area contributed by atoms with Gasteiger partial charge in [-0.05, 0) is 81.3 Å². The number of benzene rings is 3. The number of urea groups is 1. The molecule has 0 bridgehead atoms. The standard InChI is InChI=1S/C35H40Cl2N6O4/c1-5-47-28-20-24(33(45)40-35(2,3)4)10-15-27(28)32-39-30(22-6-11-25(36)12-7-22)31(23-8-13-26(37)14-9-23)43(32)34(46)42-18-16-41(17-19-42)21-29(38)44/h6-15,20,30-31H,5,16-19,21H2,1-4H3,(H2,38,44)(H,40,45)/t30-,31+/m0/s1. The summed E-state index contributed by atoms with van der Waals surface area (Å²) in [5.41, 5.74) is 7.72. The van der Waals surface area contributed by atoms with Crippen molar-refractivity contribution in [1.82, 2.24) is 20.0 Å². The van der Waals surface area contributed by atoms with E-state index >= 15 is 0 Å². The van der Waals surface area contributed by atoms with E-state index in [-0.39, 0.29) is 18.5 Å². The fourth-order valence-corrected chi connectivity index (χ4v) is 6.11. The molecule has 4 amide bonds. The highest BCUT2D eigenvalue weighted by Gasteiger charge is 2.45. The summed E-state index contributed by atoms with van der Waals surface area (Å²) in [6.45, 7) is 9.90. The van der Waals surface area contributed by atoms with Crippen LogP contribution in [0.15, 0.2) is 71.7 Å². The number of nitrogens with one attached hydrogen (secondary N) is 1. The average Bonchev–Trinajstić information content (AvgIpc) is 3.41. The van der Waals surface area contributed by atoms with Crippen LogP contribution in [0, 0.1) is 0 Å². The van der Waals surface area contributed by atoms with Crippen molar-refractivity contribution in [2.24, 2.45) is 10.7 Å². The Morgan fingerprint density at radius 3 is 2.06 bits per heavy atom. The number of halogens is 2. The lowest BCUT2D eigenvalue weighted by Crippen LogP contribution is -2.55. The molecule has 10 nitrogen and oxygen atoms in total. The van der Waals surface area contributed by atoms with Crippen LogP contribution < -0.4 is 15.8 Å². The van der Waals surface area contributed by atoms with Crippen LogP contribution in [0.4, 0.5) is 4.79 Å². The van der Waals surface area contributed by atoms with Gasteiger partial charge in [0.15, 0.2) is 0 Å². The molecule has 0 aliphatic carbocycles. The second-order valence-corrected chi connectivity index (χ2v) is 13.5. The minimum atomic E-state index is -0.544. The lowest BCUT2D eigenvalue weighted by atomic mass is 9.93. The Labute approximate surface area is 285 Å². The molecule has 0 unspecified atom stereocenters. The summed E-state index contributed by atoms with van der Waals surface area (Å²) in [5, 5.41) is 4.15. The molecule has 1 fully saturated rings. The zero-order valence-corrected chi connectivity index (χ0v) is 28.5. The molecule has 0 radical (unpaired) electrons. The molecule has 2 atom stereocenters. The van der Waals surface area contributed by atoms with Gasteiger partial charge in [-0.2, -0.15) is 0 Å². The van der Waals surface area contributed by atoms with Crippen molar-refractivity contribution in [2.45, 2.75) is 45.3 Å². The maximum Gasteiger partial charge on any atom is 0.326 e. The molecule has 2 heterocycles. The molecule has 12 heteroatoms. The van der Waals surface area contributed by atoms with Crippen molar-refractivity contribution < 1.29 is 19.1 Å². The molecule has 3 aromatic rings. The van der Waals surface area contributed by atoms with E-state index in [0.717, 1.165) is 11.1 Å². The van der Waals surface area contributed by atoms with Gasteiger partial charge in [0.2, 0.25) is 5.91 Å². The maximum atomic E-state index is 14.7. The Balaban J connectivity index is 1.63. The zero-order valence-electron chi connectivity index (χ0n) is 27.0. The Morgan fingerprint density at radius 2 is 1.51 bits per heavy atom. The van der Waals surface area contributed by atoms with Gasteiger partial charge < -0.3 is 20.7 Å². The number of amidine groups is 1. The van der Waals surface area contributed by atoms with E-state index in [1.165, 1.54) is 0 Å². The first-order valence-electron chi connectivity index (χ1n) is 15.6. The molecular weight excluding hydrogens is 639 g/mol. The molecule has 2 aliphatic heterocycles. The van der Waals surface area contributed by atoms with Crippen LogP contribution in [0.25, 0.3) is 0 Å². The van der Waals surface area contributed by atoms with Crippen LogP contribution >= 0.6 is 23.2 Å². The van der Waals surface area contributed by atoms with E-state index in [1.807, 2.05) is 69.0 Å². The lowest BCUT2D eigenvalue weighted by molar-refractivity contribution is -0.119. The van der Waals surface area contributed by atoms with Gasteiger partial charge >= 0.3 is 6.03 Å². The predicted molar refractivity (Wildman–Crippen MR) is 184 cm³/mol. The molecule has 0 aromatic heterocycles. The fourth-order valence-electron chi connectivity index (χ4n) is 5.86. The van der Waals surface area contributed by atoms with Gasteiger partial charge in [0.05, 0.1) is 24.8 Å². The molecule has 3 aromatic carbocycles. The van der Waals surface area contributed by atoms with Gasteiger partial charge in [-0.3, -0.25) is 24.4 Å². The van der Waals surface area contributed by atoms with E-state index in [4.69, 9.17) is 38.7 Å². The quantitative estimate of drug-likeness (QED) is 0.317. The second kappa shape index (κ2) is 14.3. The summed E-state index contributed by atoms with van der Waals surface area (Å²) >= 11 is 12.6. The van der Waals surface area contributed by atoms with Crippen molar-refractivity contribution >= 4 is 46.9 Å². The number of nitrogens with two attached hydrogens (primary N) is 1. The van der Waals surface area contributed by atoms with Gasteiger partial charge in [0.1, 0.15) is 17.6 Å². The predicted octanol–water partition coefficient (Wildman–Crippen LogP) is 5.69. The first-order valence-corrected chi connectivity index (χ1v) is 16.4. The molecule has 1 saturated heterocycles. The molecule has 248 valence electrons. The maximum absolute atomic E-state index is 14.7. The Kier molecular flexibility index (Phi) is 10.4. The summed E-state index contributed by atoms with van der Waals surface area (Å²) in [5.74, 6) is 0.206. The van der Waals surface area contributed by atoms with Crippen molar-refractivity contribution in [2.75, 3.05) is 39.3 Å². The van der Waals surface area contributed by atoms with Crippen LogP contribution in [0.5, 0.6) is 5.75 Å². The highest BCUT2D eigenvalue weighted by atomic mass is 35.5. The molecule has 5 rings (SSSR count). The lowest BCUT2D eigenvalue weighted by Gasteiger charge is -2.38. The number of rotatable bonds is 8. The van der Waals surface area contributed by atoms with E-state index in [9.17, 15) is 14.4 Å². The smallest absolute Gasteiger partial charge is 0.326 e. The number of carbonyl (C=O) groups is 3. The minimum Gasteiger partial charge on any atom is -0.493 e. The second-order valence-electron chi connectivity index (χ2n) is 12.7. The number of hydrogen-bond donors (Lipinski definition) is 2. The third-order valence-corrected chi connectivity index (χ3v) is 8.50. The highest BCUT2D eigenvalue weighted by molar-refractivity contribution is 6.30. The van der Waals surface area contributed by atoms with Gasteiger partial charge in [0.25, 0.3) is 5.91 Å². The fraction of sp³-hybridized carbons (Fsp3) is 0.371. The summed E-state index contributed by atoms with van der Waals surface area (Å²) < 4.78 is 6.11. The van der Waals surface area contributed by atoms with Crippen molar-refractivity contribution in [1.29, 1.82) is 0 Å². The summed E-state index contributed by atoms with van der Waals surface area (Å²) in [7, 11) is 0. The molecule has 47 heavy (non-hydrogen) atoms.